The van der Waals surface area contributed by atoms with Gasteiger partial charge < -0.3 is 29.4 Å². The Bertz CT molecular complexity index is 786. The molecule has 0 aromatic heterocycles. The van der Waals surface area contributed by atoms with Gasteiger partial charge in [-0.2, -0.15) is 0 Å². The minimum absolute atomic E-state index is 0.239. The molecule has 0 bridgehead atoms. The first-order chi connectivity index (χ1) is 13.6. The van der Waals surface area contributed by atoms with Crippen LogP contribution in [-0.4, -0.2) is 48.3 Å². The van der Waals surface area contributed by atoms with E-state index in [2.05, 4.69) is 5.32 Å². The number of carbonyl (C=O) groups excluding carboxylic acids is 1. The number of aliphatic hydroxyl groups excluding tert-OH is 1. The Kier molecular flexibility index (Phi) is 5.59. The van der Waals surface area contributed by atoms with E-state index in [1.54, 1.807) is 12.1 Å². The maximum absolute atomic E-state index is 11.7. The van der Waals surface area contributed by atoms with Gasteiger partial charge in [-0.3, -0.25) is 4.79 Å². The van der Waals surface area contributed by atoms with Crippen LogP contribution in [0.15, 0.2) is 60.7 Å². The molecule has 7 nitrogen and oxygen atoms in total. The topological polar surface area (TPSA) is 86.3 Å². The normalized spacial score (nSPS) is 32.2. The molecule has 2 saturated heterocycles. The molecular formula is C21H23NO6. The first-order valence-corrected chi connectivity index (χ1v) is 9.26. The molecule has 2 N–H and O–H groups in total. The Balaban J connectivity index is 1.53. The Morgan fingerprint density at radius 3 is 2.43 bits per heavy atom. The fourth-order valence-electron chi connectivity index (χ4n) is 3.49. The standard InChI is InChI=1S/C21H23NO6/c1-13(23)22-17-18(24)19-16(27-21(17)26-15-10-6-3-7-11-15)12-25-20(28-19)14-8-4-2-5-9-14/h2-11,16-21,24H,12H2,1H3,(H,22,23). The minimum atomic E-state index is -1.02. The van der Waals surface area contributed by atoms with Gasteiger partial charge in [0.15, 0.2) is 6.29 Å². The molecule has 0 saturated carbocycles. The number of carbonyl (C=O) groups is 1. The van der Waals surface area contributed by atoms with Gasteiger partial charge in [0, 0.05) is 12.5 Å². The third kappa shape index (κ3) is 4.02. The van der Waals surface area contributed by atoms with Crippen molar-refractivity contribution in [2.24, 2.45) is 0 Å². The summed E-state index contributed by atoms with van der Waals surface area (Å²) in [5.41, 5.74) is 0.854. The van der Waals surface area contributed by atoms with Crippen molar-refractivity contribution < 1.29 is 28.8 Å². The van der Waals surface area contributed by atoms with Gasteiger partial charge in [-0.15, -0.1) is 0 Å². The Labute approximate surface area is 163 Å². The number of ether oxygens (including phenoxy) is 4. The highest BCUT2D eigenvalue weighted by atomic mass is 16.7. The van der Waals surface area contributed by atoms with E-state index in [1.165, 1.54) is 6.92 Å². The van der Waals surface area contributed by atoms with Crippen LogP contribution in [0.5, 0.6) is 5.75 Å². The Morgan fingerprint density at radius 1 is 1.07 bits per heavy atom. The first kappa shape index (κ1) is 18.9. The van der Waals surface area contributed by atoms with Crippen LogP contribution in [0.25, 0.3) is 0 Å². The number of para-hydroxylation sites is 1. The van der Waals surface area contributed by atoms with Gasteiger partial charge >= 0.3 is 0 Å². The molecule has 2 aromatic rings. The summed E-state index contributed by atoms with van der Waals surface area (Å²) in [5, 5.41) is 13.7. The highest BCUT2D eigenvalue weighted by Crippen LogP contribution is 2.34. The molecule has 2 aromatic carbocycles. The Hall–Kier alpha value is -2.45. The molecule has 0 radical (unpaired) electrons. The zero-order valence-corrected chi connectivity index (χ0v) is 15.4. The van der Waals surface area contributed by atoms with Gasteiger partial charge in [0.05, 0.1) is 6.61 Å². The molecule has 6 unspecified atom stereocenters. The van der Waals surface area contributed by atoms with Gasteiger partial charge in [0.1, 0.15) is 30.1 Å². The van der Waals surface area contributed by atoms with E-state index in [-0.39, 0.29) is 12.5 Å². The average molecular weight is 385 g/mol. The van der Waals surface area contributed by atoms with Crippen LogP contribution >= 0.6 is 0 Å². The summed E-state index contributed by atoms with van der Waals surface area (Å²) in [6.45, 7) is 1.62. The van der Waals surface area contributed by atoms with Gasteiger partial charge in [-0.25, -0.2) is 0 Å². The van der Waals surface area contributed by atoms with Gasteiger partial charge in [0.25, 0.3) is 0 Å². The molecule has 2 fully saturated rings. The molecule has 2 aliphatic rings. The van der Waals surface area contributed by atoms with Crippen molar-refractivity contribution in [3.63, 3.8) is 0 Å². The van der Waals surface area contributed by atoms with E-state index in [1.807, 2.05) is 48.5 Å². The summed E-state index contributed by atoms with van der Waals surface area (Å²) in [5.74, 6) is 0.285. The molecule has 28 heavy (non-hydrogen) atoms. The molecule has 4 rings (SSSR count). The third-order valence-electron chi connectivity index (χ3n) is 4.80. The van der Waals surface area contributed by atoms with Crippen LogP contribution in [0, 0.1) is 0 Å². The lowest BCUT2D eigenvalue weighted by Crippen LogP contribution is -2.67. The van der Waals surface area contributed by atoms with Gasteiger partial charge in [0.2, 0.25) is 12.2 Å². The van der Waals surface area contributed by atoms with E-state index in [9.17, 15) is 9.90 Å². The largest absolute Gasteiger partial charge is 0.463 e. The molecule has 7 heteroatoms. The smallest absolute Gasteiger partial charge is 0.223 e. The molecule has 1 amide bonds. The predicted molar refractivity (Wildman–Crippen MR) is 99.4 cm³/mol. The second-order valence-corrected chi connectivity index (χ2v) is 6.87. The number of benzene rings is 2. The second kappa shape index (κ2) is 8.28. The van der Waals surface area contributed by atoms with Crippen molar-refractivity contribution in [2.45, 2.75) is 43.9 Å². The maximum Gasteiger partial charge on any atom is 0.223 e. The van der Waals surface area contributed by atoms with E-state index < -0.39 is 36.9 Å². The SMILES string of the molecule is CC(=O)NC1C(Oc2ccccc2)OC2COC(c3ccccc3)OC2C1O. The number of aliphatic hydroxyl groups is 1. The predicted octanol–water partition coefficient (Wildman–Crippen LogP) is 1.77. The third-order valence-corrected chi connectivity index (χ3v) is 4.80. The summed E-state index contributed by atoms with van der Waals surface area (Å²) < 4.78 is 23.7. The summed E-state index contributed by atoms with van der Waals surface area (Å²) in [7, 11) is 0. The van der Waals surface area contributed by atoms with E-state index in [4.69, 9.17) is 18.9 Å². The fraction of sp³-hybridized carbons (Fsp3) is 0.381. The minimum Gasteiger partial charge on any atom is -0.463 e. The van der Waals surface area contributed by atoms with Crippen LogP contribution < -0.4 is 10.1 Å². The summed E-state index contributed by atoms with van der Waals surface area (Å²) in [6.07, 6.45) is -3.68. The molecule has 148 valence electrons. The highest BCUT2D eigenvalue weighted by molar-refractivity contribution is 5.73. The zero-order chi connectivity index (χ0) is 19.5. The van der Waals surface area contributed by atoms with E-state index in [0.29, 0.717) is 5.75 Å². The fourth-order valence-corrected chi connectivity index (χ4v) is 3.49. The van der Waals surface area contributed by atoms with Crippen molar-refractivity contribution in [3.8, 4) is 5.75 Å². The quantitative estimate of drug-likeness (QED) is 0.834. The van der Waals surface area contributed by atoms with Crippen molar-refractivity contribution in [3.05, 3.63) is 66.2 Å². The number of hydrogen-bond donors (Lipinski definition) is 2. The van der Waals surface area contributed by atoms with Crippen molar-refractivity contribution in [1.82, 2.24) is 5.32 Å². The van der Waals surface area contributed by atoms with Crippen molar-refractivity contribution in [2.75, 3.05) is 6.61 Å². The van der Waals surface area contributed by atoms with E-state index in [0.717, 1.165) is 5.56 Å². The maximum atomic E-state index is 11.7. The van der Waals surface area contributed by atoms with Crippen LogP contribution in [0.1, 0.15) is 18.8 Å². The lowest BCUT2D eigenvalue weighted by molar-refractivity contribution is -0.333. The number of nitrogens with one attached hydrogen (secondary N) is 1. The van der Waals surface area contributed by atoms with Crippen LogP contribution in [0.3, 0.4) is 0 Å². The molecule has 2 heterocycles. The Morgan fingerprint density at radius 2 is 1.75 bits per heavy atom. The number of hydrogen-bond acceptors (Lipinski definition) is 6. The van der Waals surface area contributed by atoms with Gasteiger partial charge in [-0.1, -0.05) is 48.5 Å². The first-order valence-electron chi connectivity index (χ1n) is 9.26. The van der Waals surface area contributed by atoms with Crippen LogP contribution in [0.2, 0.25) is 0 Å². The lowest BCUT2D eigenvalue weighted by Gasteiger charge is -2.47. The monoisotopic (exact) mass is 385 g/mol. The van der Waals surface area contributed by atoms with Crippen molar-refractivity contribution in [1.29, 1.82) is 0 Å². The molecule has 0 spiro atoms. The number of fused-ring (bicyclic) bond motifs is 1. The molecule has 0 aliphatic carbocycles. The lowest BCUT2D eigenvalue weighted by atomic mass is 9.95. The van der Waals surface area contributed by atoms with Crippen LogP contribution in [-0.2, 0) is 19.0 Å². The average Bonchev–Trinajstić information content (AvgIpc) is 2.72. The molecule has 2 aliphatic heterocycles. The second-order valence-electron chi connectivity index (χ2n) is 6.87. The van der Waals surface area contributed by atoms with E-state index >= 15 is 0 Å². The van der Waals surface area contributed by atoms with Crippen molar-refractivity contribution >= 4 is 5.91 Å². The van der Waals surface area contributed by atoms with Crippen LogP contribution in [0.4, 0.5) is 0 Å². The summed E-state index contributed by atoms with van der Waals surface area (Å²) >= 11 is 0. The number of amides is 1. The summed E-state index contributed by atoms with van der Waals surface area (Å²) in [6, 6.07) is 17.8. The van der Waals surface area contributed by atoms with Gasteiger partial charge in [-0.05, 0) is 12.1 Å². The zero-order valence-electron chi connectivity index (χ0n) is 15.4. The molecular weight excluding hydrogens is 362 g/mol. The number of rotatable bonds is 4. The molecule has 6 atom stereocenters. The summed E-state index contributed by atoms with van der Waals surface area (Å²) in [4.78, 5) is 11.7. The highest BCUT2D eigenvalue weighted by Gasteiger charge is 2.50.